The van der Waals surface area contributed by atoms with Crippen LogP contribution in [0.5, 0.6) is 0 Å². The van der Waals surface area contributed by atoms with E-state index in [1.807, 2.05) is 17.9 Å². The lowest BCUT2D eigenvalue weighted by Crippen LogP contribution is -2.39. The molecule has 0 bridgehead atoms. The number of aryl methyl sites for hydroxylation is 1. The zero-order chi connectivity index (χ0) is 12.3. The van der Waals surface area contributed by atoms with Gasteiger partial charge in [0.2, 0.25) is 0 Å². The monoisotopic (exact) mass is 236 g/mol. The maximum Gasteiger partial charge on any atom is 0.0534 e. The topological polar surface area (TPSA) is 47.1 Å². The fraction of sp³-hybridized carbons (Fsp3) is 0.769. The Morgan fingerprint density at radius 3 is 2.88 bits per heavy atom. The third-order valence-electron chi connectivity index (χ3n) is 3.72. The molecule has 0 aromatic carbocycles. The zero-order valence-electron chi connectivity index (χ0n) is 11.0. The van der Waals surface area contributed by atoms with Crippen molar-refractivity contribution in [2.75, 3.05) is 13.6 Å². The van der Waals surface area contributed by atoms with E-state index in [0.29, 0.717) is 12.0 Å². The Morgan fingerprint density at radius 2 is 2.24 bits per heavy atom. The van der Waals surface area contributed by atoms with Crippen LogP contribution in [0, 0.1) is 5.92 Å². The van der Waals surface area contributed by atoms with Crippen LogP contribution in [-0.2, 0) is 13.6 Å². The second kappa shape index (κ2) is 5.65. The van der Waals surface area contributed by atoms with Crippen molar-refractivity contribution in [2.45, 2.75) is 38.3 Å². The fourth-order valence-corrected chi connectivity index (χ4v) is 2.79. The molecule has 1 aliphatic rings. The smallest absolute Gasteiger partial charge is 0.0534 e. The molecule has 1 fully saturated rings. The summed E-state index contributed by atoms with van der Waals surface area (Å²) in [5.74, 6) is 0.672. The van der Waals surface area contributed by atoms with Crippen molar-refractivity contribution in [3.05, 3.63) is 18.0 Å². The molecule has 1 aromatic heterocycles. The van der Waals surface area contributed by atoms with Gasteiger partial charge in [0.15, 0.2) is 0 Å². The highest BCUT2D eigenvalue weighted by Gasteiger charge is 2.22. The maximum absolute atomic E-state index is 6.18. The van der Waals surface area contributed by atoms with E-state index >= 15 is 0 Å². The van der Waals surface area contributed by atoms with Crippen LogP contribution >= 0.6 is 0 Å². The van der Waals surface area contributed by atoms with Gasteiger partial charge >= 0.3 is 0 Å². The molecule has 4 nitrogen and oxygen atoms in total. The zero-order valence-corrected chi connectivity index (χ0v) is 11.0. The standard InChI is InChI=1S/C13H24N4/c1-16(8-11-7-15-17(2)9-11)10-12-5-3-4-6-13(12)14/h7,9,12-13H,3-6,8,10,14H2,1-2H3. The molecule has 17 heavy (non-hydrogen) atoms. The van der Waals surface area contributed by atoms with Crippen LogP contribution in [0.4, 0.5) is 0 Å². The van der Waals surface area contributed by atoms with E-state index in [-0.39, 0.29) is 0 Å². The molecule has 2 unspecified atom stereocenters. The molecule has 1 saturated carbocycles. The molecule has 0 radical (unpaired) electrons. The minimum atomic E-state index is 0.403. The highest BCUT2D eigenvalue weighted by Crippen LogP contribution is 2.23. The van der Waals surface area contributed by atoms with Crippen molar-refractivity contribution in [3.63, 3.8) is 0 Å². The first-order valence-electron chi connectivity index (χ1n) is 6.57. The Kier molecular flexibility index (Phi) is 4.18. The summed E-state index contributed by atoms with van der Waals surface area (Å²) < 4.78 is 1.86. The normalized spacial score (nSPS) is 25.4. The summed E-state index contributed by atoms with van der Waals surface area (Å²) in [6.45, 7) is 2.08. The first-order valence-corrected chi connectivity index (χ1v) is 6.57. The Labute approximate surface area is 104 Å². The van der Waals surface area contributed by atoms with Gasteiger partial charge in [0.05, 0.1) is 6.20 Å². The fourth-order valence-electron chi connectivity index (χ4n) is 2.79. The predicted octanol–water partition coefficient (Wildman–Crippen LogP) is 1.37. The van der Waals surface area contributed by atoms with Crippen molar-refractivity contribution in [1.29, 1.82) is 0 Å². The average molecular weight is 236 g/mol. The molecule has 0 amide bonds. The largest absolute Gasteiger partial charge is 0.327 e. The highest BCUT2D eigenvalue weighted by molar-refractivity contribution is 5.03. The third kappa shape index (κ3) is 3.54. The van der Waals surface area contributed by atoms with Gasteiger partial charge in [0, 0.05) is 37.9 Å². The molecular formula is C13H24N4. The maximum atomic E-state index is 6.18. The van der Waals surface area contributed by atoms with Gasteiger partial charge in [-0.05, 0) is 25.8 Å². The summed E-state index contributed by atoms with van der Waals surface area (Å²) in [5, 5.41) is 4.20. The minimum absolute atomic E-state index is 0.403. The summed E-state index contributed by atoms with van der Waals surface area (Å²) in [6, 6.07) is 0.403. The minimum Gasteiger partial charge on any atom is -0.327 e. The molecule has 2 rings (SSSR count). The lowest BCUT2D eigenvalue weighted by Gasteiger charge is -2.31. The number of rotatable bonds is 4. The van der Waals surface area contributed by atoms with Gasteiger partial charge in [-0.15, -0.1) is 0 Å². The van der Waals surface area contributed by atoms with Crippen molar-refractivity contribution >= 4 is 0 Å². The van der Waals surface area contributed by atoms with Crippen LogP contribution in [0.3, 0.4) is 0 Å². The van der Waals surface area contributed by atoms with Crippen molar-refractivity contribution in [2.24, 2.45) is 18.7 Å². The molecule has 1 heterocycles. The molecule has 4 heteroatoms. The van der Waals surface area contributed by atoms with Crippen molar-refractivity contribution in [3.8, 4) is 0 Å². The van der Waals surface area contributed by atoms with E-state index in [4.69, 9.17) is 5.73 Å². The van der Waals surface area contributed by atoms with E-state index in [9.17, 15) is 0 Å². The van der Waals surface area contributed by atoms with Crippen LogP contribution in [0.15, 0.2) is 12.4 Å². The third-order valence-corrected chi connectivity index (χ3v) is 3.72. The molecule has 2 N–H and O–H groups in total. The highest BCUT2D eigenvalue weighted by atomic mass is 15.2. The van der Waals surface area contributed by atoms with Gasteiger partial charge in [-0.1, -0.05) is 12.8 Å². The molecule has 0 saturated heterocycles. The van der Waals surface area contributed by atoms with Gasteiger partial charge in [-0.3, -0.25) is 4.68 Å². The molecular weight excluding hydrogens is 212 g/mol. The molecule has 1 aliphatic carbocycles. The summed E-state index contributed by atoms with van der Waals surface area (Å²) in [4.78, 5) is 2.37. The number of hydrogen-bond acceptors (Lipinski definition) is 3. The van der Waals surface area contributed by atoms with Gasteiger partial charge in [-0.25, -0.2) is 0 Å². The quantitative estimate of drug-likeness (QED) is 0.859. The lowest BCUT2D eigenvalue weighted by molar-refractivity contribution is 0.206. The summed E-state index contributed by atoms with van der Waals surface area (Å²) in [5.41, 5.74) is 7.46. The first kappa shape index (κ1) is 12.6. The molecule has 0 aliphatic heterocycles. The Balaban J connectivity index is 1.82. The van der Waals surface area contributed by atoms with Crippen LogP contribution in [0.1, 0.15) is 31.2 Å². The summed E-state index contributed by atoms with van der Waals surface area (Å²) in [6.07, 6.45) is 9.17. The van der Waals surface area contributed by atoms with Crippen molar-refractivity contribution in [1.82, 2.24) is 14.7 Å². The molecule has 1 aromatic rings. The SMILES string of the molecule is CN(Cc1cnn(C)c1)CC1CCCCC1N. The van der Waals surface area contributed by atoms with Gasteiger partial charge in [0.25, 0.3) is 0 Å². The second-order valence-electron chi connectivity index (χ2n) is 5.43. The number of nitrogens with zero attached hydrogens (tertiary/aromatic N) is 3. The Bertz CT molecular complexity index is 347. The van der Waals surface area contributed by atoms with Gasteiger partial charge in [0.1, 0.15) is 0 Å². The van der Waals surface area contributed by atoms with E-state index in [1.165, 1.54) is 31.2 Å². The van der Waals surface area contributed by atoms with Gasteiger partial charge < -0.3 is 10.6 Å². The first-order chi connectivity index (χ1) is 8.15. The molecule has 2 atom stereocenters. The van der Waals surface area contributed by atoms with Crippen LogP contribution in [0.2, 0.25) is 0 Å². The molecule has 0 spiro atoms. The average Bonchev–Trinajstić information content (AvgIpc) is 2.67. The lowest BCUT2D eigenvalue weighted by atomic mass is 9.85. The second-order valence-corrected chi connectivity index (χ2v) is 5.43. The van der Waals surface area contributed by atoms with E-state index in [1.54, 1.807) is 0 Å². The Hall–Kier alpha value is -0.870. The van der Waals surface area contributed by atoms with Crippen LogP contribution in [0.25, 0.3) is 0 Å². The van der Waals surface area contributed by atoms with Crippen LogP contribution < -0.4 is 5.73 Å². The summed E-state index contributed by atoms with van der Waals surface area (Å²) >= 11 is 0. The number of aromatic nitrogens is 2. The number of nitrogens with two attached hydrogens (primary N) is 1. The van der Waals surface area contributed by atoms with E-state index < -0.39 is 0 Å². The van der Waals surface area contributed by atoms with E-state index in [2.05, 4.69) is 23.2 Å². The van der Waals surface area contributed by atoms with Crippen LogP contribution in [-0.4, -0.2) is 34.3 Å². The molecule has 96 valence electrons. The number of hydrogen-bond donors (Lipinski definition) is 1. The summed E-state index contributed by atoms with van der Waals surface area (Å²) in [7, 11) is 4.13. The van der Waals surface area contributed by atoms with Crippen molar-refractivity contribution < 1.29 is 0 Å². The Morgan fingerprint density at radius 1 is 1.47 bits per heavy atom. The van der Waals surface area contributed by atoms with Gasteiger partial charge in [-0.2, -0.15) is 5.10 Å². The predicted molar refractivity (Wildman–Crippen MR) is 69.5 cm³/mol. The van der Waals surface area contributed by atoms with E-state index in [0.717, 1.165) is 13.1 Å².